The standard InChI is InChI=1S/C17H15FN4OS/c1-24-17(21-11-19)22-15-5-3-2-4-14(15)16(23)20-10-12-6-8-13(18)9-7-12/h2-9H,10H2,1H3,(H,20,23)(H,21,22). The molecule has 2 rings (SSSR count). The van der Waals surface area contributed by atoms with Crippen molar-refractivity contribution in [3.63, 3.8) is 0 Å². The van der Waals surface area contributed by atoms with E-state index in [2.05, 4.69) is 15.6 Å². The van der Waals surface area contributed by atoms with Gasteiger partial charge in [-0.15, -0.1) is 0 Å². The Kier molecular flexibility index (Phi) is 6.34. The largest absolute Gasteiger partial charge is 0.348 e. The van der Waals surface area contributed by atoms with Crippen LogP contribution in [0.25, 0.3) is 0 Å². The third kappa shape index (κ3) is 4.83. The maximum atomic E-state index is 12.9. The molecule has 0 aromatic heterocycles. The highest BCUT2D eigenvalue weighted by Crippen LogP contribution is 2.20. The molecule has 0 atom stereocenters. The zero-order chi connectivity index (χ0) is 17.4. The molecule has 0 aliphatic carbocycles. The number of nitrogens with zero attached hydrogens (tertiary/aromatic N) is 2. The van der Waals surface area contributed by atoms with Gasteiger partial charge < -0.3 is 5.32 Å². The summed E-state index contributed by atoms with van der Waals surface area (Å²) in [6.07, 6.45) is 3.58. The van der Waals surface area contributed by atoms with Crippen molar-refractivity contribution in [2.45, 2.75) is 6.54 Å². The van der Waals surface area contributed by atoms with E-state index in [9.17, 15) is 9.18 Å². The lowest BCUT2D eigenvalue weighted by Gasteiger charge is -2.08. The number of nitriles is 1. The smallest absolute Gasteiger partial charge is 0.253 e. The minimum atomic E-state index is -0.320. The van der Waals surface area contributed by atoms with E-state index in [1.807, 2.05) is 0 Å². The fourth-order valence-corrected chi connectivity index (χ4v) is 2.26. The maximum Gasteiger partial charge on any atom is 0.253 e. The predicted molar refractivity (Wildman–Crippen MR) is 93.4 cm³/mol. The molecule has 0 unspecified atom stereocenters. The van der Waals surface area contributed by atoms with Gasteiger partial charge in [0.1, 0.15) is 5.82 Å². The fraction of sp³-hybridized carbons (Fsp3) is 0.118. The van der Waals surface area contributed by atoms with Crippen molar-refractivity contribution in [1.29, 1.82) is 5.26 Å². The van der Waals surface area contributed by atoms with Gasteiger partial charge in [-0.2, -0.15) is 5.26 Å². The Morgan fingerprint density at radius 3 is 2.62 bits per heavy atom. The Hall–Kier alpha value is -2.85. The van der Waals surface area contributed by atoms with Gasteiger partial charge in [0, 0.05) is 6.54 Å². The quantitative estimate of drug-likeness (QED) is 0.387. The maximum absolute atomic E-state index is 12.9. The van der Waals surface area contributed by atoms with Gasteiger partial charge in [0.15, 0.2) is 11.4 Å². The SMILES string of the molecule is CSC(=Nc1ccccc1C(=O)NCc1ccc(F)cc1)NC#N. The van der Waals surface area contributed by atoms with Crippen molar-refractivity contribution in [3.8, 4) is 6.19 Å². The fourth-order valence-electron chi connectivity index (χ4n) is 1.92. The van der Waals surface area contributed by atoms with E-state index in [1.54, 1.807) is 48.8 Å². The van der Waals surface area contributed by atoms with Gasteiger partial charge in [0.05, 0.1) is 11.3 Å². The molecule has 0 saturated heterocycles. The highest BCUT2D eigenvalue weighted by Gasteiger charge is 2.11. The van der Waals surface area contributed by atoms with Crippen LogP contribution in [0.1, 0.15) is 15.9 Å². The Bertz CT molecular complexity index is 784. The molecule has 0 aliphatic rings. The molecule has 2 aromatic rings. The van der Waals surface area contributed by atoms with Crippen LogP contribution in [0.15, 0.2) is 53.5 Å². The summed E-state index contributed by atoms with van der Waals surface area (Å²) in [5.74, 6) is -0.615. The Balaban J connectivity index is 2.14. The highest BCUT2D eigenvalue weighted by molar-refractivity contribution is 8.13. The molecular weight excluding hydrogens is 327 g/mol. The number of nitrogens with one attached hydrogen (secondary N) is 2. The number of rotatable bonds is 4. The molecule has 0 heterocycles. The molecule has 24 heavy (non-hydrogen) atoms. The third-order valence-electron chi connectivity index (χ3n) is 3.09. The molecule has 0 spiro atoms. The average molecular weight is 342 g/mol. The van der Waals surface area contributed by atoms with E-state index < -0.39 is 0 Å². The molecule has 5 nitrogen and oxygen atoms in total. The highest BCUT2D eigenvalue weighted by atomic mass is 32.2. The third-order valence-corrected chi connectivity index (χ3v) is 3.67. The second-order valence-corrected chi connectivity index (χ2v) is 5.48. The molecule has 7 heteroatoms. The van der Waals surface area contributed by atoms with E-state index in [-0.39, 0.29) is 18.3 Å². The molecule has 0 bridgehead atoms. The van der Waals surface area contributed by atoms with Crippen LogP contribution < -0.4 is 10.6 Å². The lowest BCUT2D eigenvalue weighted by molar-refractivity contribution is 0.0951. The van der Waals surface area contributed by atoms with Gasteiger partial charge in [0.2, 0.25) is 0 Å². The number of carbonyl (C=O) groups excluding carboxylic acids is 1. The number of thioether (sulfide) groups is 1. The lowest BCUT2D eigenvalue weighted by atomic mass is 10.1. The number of carbonyl (C=O) groups is 1. The lowest BCUT2D eigenvalue weighted by Crippen LogP contribution is -2.23. The molecule has 0 aliphatic heterocycles. The summed E-state index contributed by atoms with van der Waals surface area (Å²) in [5, 5.41) is 14.3. The zero-order valence-electron chi connectivity index (χ0n) is 12.9. The monoisotopic (exact) mass is 342 g/mol. The summed E-state index contributed by atoms with van der Waals surface area (Å²) < 4.78 is 12.9. The number of halogens is 1. The first kappa shape index (κ1) is 17.5. The van der Waals surface area contributed by atoms with Crippen LogP contribution in [0.3, 0.4) is 0 Å². The van der Waals surface area contributed by atoms with E-state index in [4.69, 9.17) is 5.26 Å². The van der Waals surface area contributed by atoms with Crippen molar-refractivity contribution in [2.24, 2.45) is 4.99 Å². The zero-order valence-corrected chi connectivity index (χ0v) is 13.7. The molecule has 0 radical (unpaired) electrons. The van der Waals surface area contributed by atoms with E-state index in [0.717, 1.165) is 5.56 Å². The van der Waals surface area contributed by atoms with Gasteiger partial charge in [-0.3, -0.25) is 10.1 Å². The first-order valence-electron chi connectivity index (χ1n) is 7.03. The first-order valence-corrected chi connectivity index (χ1v) is 8.26. The van der Waals surface area contributed by atoms with Crippen LogP contribution in [-0.2, 0) is 6.54 Å². The van der Waals surface area contributed by atoms with Crippen LogP contribution in [0.4, 0.5) is 10.1 Å². The van der Waals surface area contributed by atoms with Gasteiger partial charge in [-0.05, 0) is 36.1 Å². The molecule has 2 aromatic carbocycles. The number of benzene rings is 2. The van der Waals surface area contributed by atoms with Gasteiger partial charge in [0.25, 0.3) is 5.91 Å². The molecule has 1 amide bonds. The second kappa shape index (κ2) is 8.70. The van der Waals surface area contributed by atoms with Gasteiger partial charge in [-0.1, -0.05) is 36.0 Å². The van der Waals surface area contributed by atoms with Crippen molar-refractivity contribution >= 4 is 28.5 Å². The Morgan fingerprint density at radius 1 is 1.25 bits per heavy atom. The van der Waals surface area contributed by atoms with Crippen molar-refractivity contribution in [3.05, 3.63) is 65.5 Å². The van der Waals surface area contributed by atoms with E-state index in [0.29, 0.717) is 16.4 Å². The number of hydrogen-bond donors (Lipinski definition) is 2. The van der Waals surface area contributed by atoms with Gasteiger partial charge >= 0.3 is 0 Å². The normalized spacial score (nSPS) is 10.8. The number of para-hydroxylation sites is 1. The summed E-state index contributed by atoms with van der Waals surface area (Å²) >= 11 is 1.27. The van der Waals surface area contributed by atoms with Crippen LogP contribution >= 0.6 is 11.8 Å². The average Bonchev–Trinajstić information content (AvgIpc) is 2.61. The number of aliphatic imine (C=N–C) groups is 1. The van der Waals surface area contributed by atoms with Crippen LogP contribution in [0, 0.1) is 17.3 Å². The summed E-state index contributed by atoms with van der Waals surface area (Å²) in [7, 11) is 0. The molecule has 122 valence electrons. The van der Waals surface area contributed by atoms with Crippen molar-refractivity contribution in [1.82, 2.24) is 10.6 Å². The van der Waals surface area contributed by atoms with E-state index >= 15 is 0 Å². The number of hydrogen-bond acceptors (Lipinski definition) is 4. The number of amidine groups is 1. The summed E-state index contributed by atoms with van der Waals surface area (Å²) in [6, 6.07) is 12.8. The topological polar surface area (TPSA) is 77.3 Å². The molecule has 2 N–H and O–H groups in total. The first-order chi connectivity index (χ1) is 11.6. The van der Waals surface area contributed by atoms with Crippen LogP contribution in [-0.4, -0.2) is 17.3 Å². The van der Waals surface area contributed by atoms with Crippen LogP contribution in [0.2, 0.25) is 0 Å². The number of amides is 1. The van der Waals surface area contributed by atoms with Crippen molar-refractivity contribution in [2.75, 3.05) is 6.26 Å². The van der Waals surface area contributed by atoms with Crippen LogP contribution in [0.5, 0.6) is 0 Å². The Morgan fingerprint density at radius 2 is 1.96 bits per heavy atom. The van der Waals surface area contributed by atoms with E-state index in [1.165, 1.54) is 23.9 Å². The molecule has 0 saturated carbocycles. The summed E-state index contributed by atoms with van der Waals surface area (Å²) in [5.41, 5.74) is 1.65. The minimum Gasteiger partial charge on any atom is -0.348 e. The molecular formula is C17H15FN4OS. The van der Waals surface area contributed by atoms with Crippen molar-refractivity contribution < 1.29 is 9.18 Å². The summed E-state index contributed by atoms with van der Waals surface area (Å²) in [4.78, 5) is 16.7. The van der Waals surface area contributed by atoms with Gasteiger partial charge in [-0.25, -0.2) is 9.38 Å². The second-order valence-electron chi connectivity index (χ2n) is 4.68. The minimum absolute atomic E-state index is 0.281. The molecule has 0 fully saturated rings. The Labute approximate surface area is 143 Å². The summed E-state index contributed by atoms with van der Waals surface area (Å²) in [6.45, 7) is 0.281. The predicted octanol–water partition coefficient (Wildman–Crippen LogP) is 3.18.